The maximum atomic E-state index is 12.0. The van der Waals surface area contributed by atoms with E-state index >= 15 is 0 Å². The lowest BCUT2D eigenvalue weighted by atomic mass is 9.76. The Morgan fingerprint density at radius 1 is 0.971 bits per heavy atom. The molecule has 0 spiro atoms. The lowest BCUT2D eigenvalue weighted by Gasteiger charge is -2.42. The Labute approximate surface area is 204 Å². The van der Waals surface area contributed by atoms with Gasteiger partial charge in [-0.3, -0.25) is 19.3 Å². The first kappa shape index (κ1) is 27.3. The molecule has 0 saturated carbocycles. The molecule has 9 heteroatoms. The van der Waals surface area contributed by atoms with Gasteiger partial charge in [-0.05, 0) is 66.3 Å². The van der Waals surface area contributed by atoms with E-state index < -0.39 is 17.9 Å². The average Bonchev–Trinajstić information content (AvgIpc) is 2.70. The summed E-state index contributed by atoms with van der Waals surface area (Å²) in [6.07, 6.45) is 2.62. The minimum Gasteiger partial charge on any atom is -0.427 e. The van der Waals surface area contributed by atoms with E-state index in [2.05, 4.69) is 11.8 Å². The van der Waals surface area contributed by atoms with Crippen LogP contribution in [0.15, 0.2) is 24.3 Å². The number of hydrogen-bond donors (Lipinski definition) is 0. The number of rotatable bonds is 5. The highest BCUT2D eigenvalue weighted by atomic mass is 35.5. The Balaban J connectivity index is 0.00000204. The Hall–Kier alpha value is -2.94. The third-order valence-electron chi connectivity index (χ3n) is 5.84. The second-order valence-electron chi connectivity index (χ2n) is 8.26. The summed E-state index contributed by atoms with van der Waals surface area (Å²) in [6, 6.07) is 7.53. The molecule has 0 aromatic heterocycles. The monoisotopic (exact) mass is 491 g/mol. The summed E-state index contributed by atoms with van der Waals surface area (Å²) in [5.41, 5.74) is 4.81. The molecule has 0 amide bonds. The number of hydrogen-bond acceptors (Lipinski definition) is 7. The zero-order valence-corrected chi connectivity index (χ0v) is 20.5. The van der Waals surface area contributed by atoms with Crippen molar-refractivity contribution in [3.8, 4) is 28.4 Å². The Morgan fingerprint density at radius 3 is 2.26 bits per heavy atom. The highest BCUT2D eigenvalue weighted by Crippen LogP contribution is 2.52. The highest BCUT2D eigenvalue weighted by Gasteiger charge is 2.37. The number of halogens is 1. The van der Waals surface area contributed by atoms with Crippen LogP contribution >= 0.6 is 12.4 Å². The summed E-state index contributed by atoms with van der Waals surface area (Å²) < 4.78 is 16.4. The van der Waals surface area contributed by atoms with Crippen molar-refractivity contribution < 1.29 is 34.1 Å². The first-order valence-electron chi connectivity index (χ1n) is 10.9. The minimum absolute atomic E-state index is 0. The average molecular weight is 492 g/mol. The lowest BCUT2D eigenvalue weighted by Crippen LogP contribution is -2.39. The molecule has 1 atom stereocenters. The van der Waals surface area contributed by atoms with Crippen molar-refractivity contribution >= 4 is 30.3 Å². The molecule has 0 bridgehead atoms. The van der Waals surface area contributed by atoms with Crippen LogP contribution < -0.4 is 14.2 Å². The molecule has 2 N–H and O–H groups in total. The minimum atomic E-state index is -0.508. The predicted octanol–water partition coefficient (Wildman–Crippen LogP) is 3.59. The summed E-state index contributed by atoms with van der Waals surface area (Å²) in [6.45, 7) is 8.06. The van der Waals surface area contributed by atoms with Crippen molar-refractivity contribution in [1.29, 1.82) is 0 Å². The molecule has 1 heterocycles. The van der Waals surface area contributed by atoms with E-state index in [1.54, 1.807) is 6.07 Å². The SMILES string of the molecule is CCCN1CCc2cc(OC(C)=O)cc3c2C1Cc1ccc(OC(C)=O)c(OC(C)=O)c1-3.Cl.O. The smallest absolute Gasteiger partial charge is 0.308 e. The molecule has 0 radical (unpaired) electrons. The van der Waals surface area contributed by atoms with Crippen molar-refractivity contribution in [3.05, 3.63) is 41.0 Å². The number of esters is 3. The summed E-state index contributed by atoms with van der Waals surface area (Å²) in [5, 5.41) is 0. The number of nitrogens with zero attached hydrogens (tertiary/aromatic N) is 1. The fourth-order valence-corrected chi connectivity index (χ4v) is 4.86. The summed E-state index contributed by atoms with van der Waals surface area (Å²) in [7, 11) is 0. The van der Waals surface area contributed by atoms with E-state index in [1.165, 1.54) is 20.8 Å². The number of carbonyl (C=O) groups excluding carboxylic acids is 3. The largest absolute Gasteiger partial charge is 0.427 e. The molecule has 2 aromatic carbocycles. The van der Waals surface area contributed by atoms with Gasteiger partial charge in [-0.1, -0.05) is 13.0 Å². The number of carbonyl (C=O) groups is 3. The number of benzene rings is 2. The van der Waals surface area contributed by atoms with Crippen molar-refractivity contribution in [2.45, 2.75) is 53.0 Å². The molecule has 4 rings (SSSR count). The molecule has 184 valence electrons. The first-order chi connectivity index (χ1) is 15.3. The van der Waals surface area contributed by atoms with Crippen LogP contribution in [0.4, 0.5) is 0 Å². The zero-order chi connectivity index (χ0) is 23.0. The van der Waals surface area contributed by atoms with E-state index in [4.69, 9.17) is 14.2 Å². The zero-order valence-electron chi connectivity index (χ0n) is 19.7. The topological polar surface area (TPSA) is 114 Å². The van der Waals surface area contributed by atoms with E-state index in [0.29, 0.717) is 11.3 Å². The summed E-state index contributed by atoms with van der Waals surface area (Å²) in [5.74, 6) is -0.546. The van der Waals surface area contributed by atoms with Gasteiger partial charge in [0.15, 0.2) is 11.5 Å². The van der Waals surface area contributed by atoms with Gasteiger partial charge < -0.3 is 19.7 Å². The van der Waals surface area contributed by atoms with Gasteiger partial charge >= 0.3 is 17.9 Å². The molecular formula is C25H30ClNO7. The molecule has 2 aliphatic rings. The quantitative estimate of drug-likeness (QED) is 0.463. The molecule has 1 aliphatic carbocycles. The van der Waals surface area contributed by atoms with Crippen LogP contribution in [0.25, 0.3) is 11.1 Å². The maximum absolute atomic E-state index is 12.0. The number of ether oxygens (including phenoxy) is 3. The summed E-state index contributed by atoms with van der Waals surface area (Å²) >= 11 is 0. The van der Waals surface area contributed by atoms with Gasteiger partial charge in [0.25, 0.3) is 0 Å². The van der Waals surface area contributed by atoms with Crippen molar-refractivity contribution in [2.75, 3.05) is 13.1 Å². The molecule has 1 aliphatic heterocycles. The molecule has 2 aromatic rings. The van der Waals surface area contributed by atoms with Gasteiger partial charge in [0.2, 0.25) is 0 Å². The second-order valence-corrected chi connectivity index (χ2v) is 8.26. The molecule has 0 saturated heterocycles. The van der Waals surface area contributed by atoms with Crippen molar-refractivity contribution in [1.82, 2.24) is 4.90 Å². The van der Waals surface area contributed by atoms with Gasteiger partial charge in [-0.25, -0.2) is 0 Å². The van der Waals surface area contributed by atoms with Crippen LogP contribution in [0.3, 0.4) is 0 Å². The van der Waals surface area contributed by atoms with Crippen LogP contribution in [-0.2, 0) is 27.2 Å². The first-order valence-corrected chi connectivity index (χ1v) is 10.9. The second kappa shape index (κ2) is 11.0. The van der Waals surface area contributed by atoms with E-state index in [1.807, 2.05) is 18.2 Å². The van der Waals surface area contributed by atoms with Gasteiger partial charge in [0, 0.05) is 38.9 Å². The Kier molecular flexibility index (Phi) is 8.83. The molecule has 1 unspecified atom stereocenters. The van der Waals surface area contributed by atoms with Crippen LogP contribution in [-0.4, -0.2) is 41.4 Å². The maximum Gasteiger partial charge on any atom is 0.308 e. The van der Waals surface area contributed by atoms with E-state index in [0.717, 1.165) is 54.6 Å². The van der Waals surface area contributed by atoms with E-state index in [9.17, 15) is 14.4 Å². The lowest BCUT2D eigenvalue weighted by molar-refractivity contribution is -0.134. The fraction of sp³-hybridized carbons (Fsp3) is 0.400. The molecule has 8 nitrogen and oxygen atoms in total. The van der Waals surface area contributed by atoms with Gasteiger partial charge in [-0.2, -0.15) is 0 Å². The predicted molar refractivity (Wildman–Crippen MR) is 129 cm³/mol. The third-order valence-corrected chi connectivity index (χ3v) is 5.84. The third kappa shape index (κ3) is 5.24. The normalized spacial score (nSPS) is 15.6. The molecular weight excluding hydrogens is 462 g/mol. The van der Waals surface area contributed by atoms with Gasteiger partial charge in [0.1, 0.15) is 5.75 Å². The van der Waals surface area contributed by atoms with Crippen LogP contribution in [0, 0.1) is 0 Å². The molecule has 34 heavy (non-hydrogen) atoms. The fourth-order valence-electron chi connectivity index (χ4n) is 4.86. The highest BCUT2D eigenvalue weighted by molar-refractivity contribution is 5.87. The van der Waals surface area contributed by atoms with Crippen LogP contribution in [0.2, 0.25) is 0 Å². The van der Waals surface area contributed by atoms with Crippen molar-refractivity contribution in [3.63, 3.8) is 0 Å². The molecule has 0 fully saturated rings. The Morgan fingerprint density at radius 2 is 1.65 bits per heavy atom. The summed E-state index contributed by atoms with van der Waals surface area (Å²) in [4.78, 5) is 37.8. The number of fused-ring (bicyclic) bond motifs is 2. The van der Waals surface area contributed by atoms with Crippen molar-refractivity contribution in [2.24, 2.45) is 0 Å². The Bertz CT molecular complexity index is 1110. The van der Waals surface area contributed by atoms with Gasteiger partial charge in [-0.15, -0.1) is 12.4 Å². The van der Waals surface area contributed by atoms with Gasteiger partial charge in [0.05, 0.1) is 0 Å². The standard InChI is InChI=1S/C25H27NO6.ClH.H2O/c1-5-9-26-10-8-18-11-19(30-14(2)27)13-20-23(18)21(26)12-17-6-7-22(31-15(3)28)25(24(17)20)32-16(4)29;;/h6-7,11,13,21H,5,8-10,12H2,1-4H3;1H;1H2. The van der Waals surface area contributed by atoms with Crippen LogP contribution in [0.5, 0.6) is 17.2 Å². The van der Waals surface area contributed by atoms with E-state index in [-0.39, 0.29) is 35.4 Å². The van der Waals surface area contributed by atoms with Crippen LogP contribution in [0.1, 0.15) is 56.8 Å².